The highest BCUT2D eigenvalue weighted by atomic mass is 15.4. The fourth-order valence-corrected chi connectivity index (χ4v) is 2.99. The van der Waals surface area contributed by atoms with Crippen LogP contribution in [0.1, 0.15) is 30.1 Å². The normalized spacial score (nSPS) is 15.0. The van der Waals surface area contributed by atoms with Crippen LogP contribution in [0.3, 0.4) is 0 Å². The van der Waals surface area contributed by atoms with Gasteiger partial charge in [-0.1, -0.05) is 12.1 Å². The number of anilines is 1. The number of hydrogen-bond donors (Lipinski definition) is 0. The van der Waals surface area contributed by atoms with Gasteiger partial charge in [0.15, 0.2) is 5.82 Å². The van der Waals surface area contributed by atoms with Crippen LogP contribution in [0, 0.1) is 6.92 Å². The number of fused-ring (bicyclic) bond motifs is 1. The molecule has 0 amide bonds. The highest BCUT2D eigenvalue weighted by Gasteiger charge is 2.17. The van der Waals surface area contributed by atoms with E-state index in [1.54, 1.807) is 0 Å². The number of aryl methyl sites for hydroxylation is 2. The van der Waals surface area contributed by atoms with E-state index in [1.165, 1.54) is 12.8 Å². The predicted molar refractivity (Wildman–Crippen MR) is 95.7 cm³/mol. The van der Waals surface area contributed by atoms with Gasteiger partial charge in [0.1, 0.15) is 0 Å². The second-order valence-electron chi connectivity index (χ2n) is 6.10. The molecule has 3 aromatic rings. The molecular weight excluding hydrogens is 300 g/mol. The van der Waals surface area contributed by atoms with E-state index in [4.69, 9.17) is 0 Å². The first kappa shape index (κ1) is 14.8. The Bertz CT molecular complexity index is 905. The van der Waals surface area contributed by atoms with Gasteiger partial charge >= 0.3 is 0 Å². The van der Waals surface area contributed by atoms with Crippen LogP contribution >= 0.6 is 0 Å². The molecule has 0 aliphatic carbocycles. The highest BCUT2D eigenvalue weighted by molar-refractivity contribution is 5.77. The van der Waals surface area contributed by atoms with Crippen molar-refractivity contribution in [1.29, 1.82) is 0 Å². The molecule has 6 nitrogen and oxygen atoms in total. The van der Waals surface area contributed by atoms with Crippen LogP contribution in [-0.2, 0) is 7.05 Å². The summed E-state index contributed by atoms with van der Waals surface area (Å²) in [4.78, 5) is 16.2. The lowest BCUT2D eigenvalue weighted by Crippen LogP contribution is -2.19. The molecular formula is C18H20N6. The van der Waals surface area contributed by atoms with Gasteiger partial charge < -0.3 is 4.90 Å². The second-order valence-corrected chi connectivity index (χ2v) is 6.10. The monoisotopic (exact) mass is 320 g/mol. The van der Waals surface area contributed by atoms with Gasteiger partial charge in [0.05, 0.1) is 22.4 Å². The topological polar surface area (TPSA) is 59.7 Å². The third-order valence-corrected chi connectivity index (χ3v) is 4.35. The molecule has 24 heavy (non-hydrogen) atoms. The lowest BCUT2D eigenvalue weighted by atomic mass is 10.2. The summed E-state index contributed by atoms with van der Waals surface area (Å²) in [7, 11) is 1.92. The molecule has 0 saturated carbocycles. The van der Waals surface area contributed by atoms with Gasteiger partial charge in [-0.15, -0.1) is 5.10 Å². The largest absolute Gasteiger partial charge is 0.340 e. The summed E-state index contributed by atoms with van der Waals surface area (Å²) in [6, 6.07) is 7.91. The lowest BCUT2D eigenvalue weighted by Gasteiger charge is -2.10. The maximum atomic E-state index is 4.69. The molecule has 122 valence electrons. The average molecular weight is 320 g/mol. The first-order chi connectivity index (χ1) is 11.7. The van der Waals surface area contributed by atoms with E-state index in [9.17, 15) is 0 Å². The van der Waals surface area contributed by atoms with E-state index < -0.39 is 0 Å². The van der Waals surface area contributed by atoms with Gasteiger partial charge in [-0.25, -0.2) is 14.6 Å². The number of para-hydroxylation sites is 2. The molecule has 1 aliphatic rings. The van der Waals surface area contributed by atoms with Gasteiger partial charge in [-0.05, 0) is 44.1 Å². The molecule has 2 aromatic heterocycles. The Morgan fingerprint density at radius 2 is 1.67 bits per heavy atom. The molecule has 3 heterocycles. The standard InChI is InChI=1S/C18H20N6/c1-13-14(20-16-8-4-3-7-15(16)19-13)9-10-17-21-18(22-23(17)2)24-11-5-6-12-24/h3-4,7-10H,5-6,11-12H2,1-2H3/b10-9+. The lowest BCUT2D eigenvalue weighted by molar-refractivity contribution is 0.747. The van der Waals surface area contributed by atoms with E-state index in [-0.39, 0.29) is 0 Å². The van der Waals surface area contributed by atoms with Crippen LogP contribution in [0.15, 0.2) is 24.3 Å². The summed E-state index contributed by atoms with van der Waals surface area (Å²) in [5.74, 6) is 1.64. The number of rotatable bonds is 3. The molecule has 0 bridgehead atoms. The Kier molecular flexibility index (Phi) is 3.72. The van der Waals surface area contributed by atoms with Crippen molar-refractivity contribution in [3.05, 3.63) is 41.5 Å². The Hall–Kier alpha value is -2.76. The number of hydrogen-bond acceptors (Lipinski definition) is 5. The van der Waals surface area contributed by atoms with E-state index in [2.05, 4.69) is 25.0 Å². The minimum absolute atomic E-state index is 0.816. The van der Waals surface area contributed by atoms with Crippen molar-refractivity contribution >= 4 is 29.1 Å². The van der Waals surface area contributed by atoms with Gasteiger partial charge in [0.2, 0.25) is 5.95 Å². The number of nitrogens with zero attached hydrogens (tertiary/aromatic N) is 6. The molecule has 0 N–H and O–H groups in total. The van der Waals surface area contributed by atoms with Crippen LogP contribution in [0.4, 0.5) is 5.95 Å². The zero-order valence-corrected chi connectivity index (χ0v) is 14.0. The summed E-state index contributed by atoms with van der Waals surface area (Å²) in [6.07, 6.45) is 6.36. The van der Waals surface area contributed by atoms with Crippen LogP contribution in [-0.4, -0.2) is 37.8 Å². The van der Waals surface area contributed by atoms with Gasteiger partial charge in [0, 0.05) is 20.1 Å². The van der Waals surface area contributed by atoms with Crippen molar-refractivity contribution in [1.82, 2.24) is 24.7 Å². The zero-order valence-electron chi connectivity index (χ0n) is 14.0. The highest BCUT2D eigenvalue weighted by Crippen LogP contribution is 2.18. The summed E-state index contributed by atoms with van der Waals surface area (Å²) in [5, 5.41) is 4.52. The quantitative estimate of drug-likeness (QED) is 0.742. The molecule has 0 unspecified atom stereocenters. The van der Waals surface area contributed by atoms with Crippen LogP contribution in [0.5, 0.6) is 0 Å². The van der Waals surface area contributed by atoms with Crippen LogP contribution < -0.4 is 4.90 Å². The van der Waals surface area contributed by atoms with E-state index in [1.807, 2.05) is 55.1 Å². The van der Waals surface area contributed by atoms with Crippen molar-refractivity contribution in [3.8, 4) is 0 Å². The Morgan fingerprint density at radius 3 is 2.42 bits per heavy atom. The first-order valence-corrected chi connectivity index (χ1v) is 8.28. The Balaban J connectivity index is 1.64. The average Bonchev–Trinajstić information content (AvgIpc) is 3.22. The molecule has 0 atom stereocenters. The molecule has 1 fully saturated rings. The van der Waals surface area contributed by atoms with Crippen molar-refractivity contribution in [2.45, 2.75) is 19.8 Å². The van der Waals surface area contributed by atoms with Crippen LogP contribution in [0.2, 0.25) is 0 Å². The SMILES string of the molecule is Cc1nc2ccccc2nc1/C=C/c1nc(N2CCCC2)nn1C. The first-order valence-electron chi connectivity index (χ1n) is 8.28. The van der Waals surface area contributed by atoms with Gasteiger partial charge in [-0.2, -0.15) is 4.98 Å². The Labute approximate surface area is 140 Å². The van der Waals surface area contributed by atoms with Crippen molar-refractivity contribution < 1.29 is 0 Å². The molecule has 1 aliphatic heterocycles. The van der Waals surface area contributed by atoms with E-state index in [0.717, 1.165) is 47.3 Å². The summed E-state index contributed by atoms with van der Waals surface area (Å²) in [5.41, 5.74) is 3.59. The third kappa shape index (κ3) is 2.75. The molecule has 0 radical (unpaired) electrons. The molecule has 1 aromatic carbocycles. The number of benzene rings is 1. The van der Waals surface area contributed by atoms with Crippen molar-refractivity contribution in [3.63, 3.8) is 0 Å². The Morgan fingerprint density at radius 1 is 0.958 bits per heavy atom. The smallest absolute Gasteiger partial charge is 0.245 e. The summed E-state index contributed by atoms with van der Waals surface area (Å²) < 4.78 is 1.81. The summed E-state index contributed by atoms with van der Waals surface area (Å²) >= 11 is 0. The zero-order chi connectivity index (χ0) is 16.5. The van der Waals surface area contributed by atoms with Gasteiger partial charge in [0.25, 0.3) is 0 Å². The maximum absolute atomic E-state index is 4.69. The molecule has 6 heteroatoms. The van der Waals surface area contributed by atoms with Crippen molar-refractivity contribution in [2.75, 3.05) is 18.0 Å². The summed E-state index contributed by atoms with van der Waals surface area (Å²) in [6.45, 7) is 4.07. The maximum Gasteiger partial charge on any atom is 0.245 e. The molecule has 4 rings (SSSR count). The fraction of sp³-hybridized carbons (Fsp3) is 0.333. The second kappa shape index (κ2) is 6.03. The van der Waals surface area contributed by atoms with E-state index >= 15 is 0 Å². The van der Waals surface area contributed by atoms with E-state index in [0.29, 0.717) is 0 Å². The third-order valence-electron chi connectivity index (χ3n) is 4.35. The van der Waals surface area contributed by atoms with Crippen LogP contribution in [0.25, 0.3) is 23.2 Å². The number of aromatic nitrogens is 5. The molecule has 0 spiro atoms. The minimum atomic E-state index is 0.816. The minimum Gasteiger partial charge on any atom is -0.340 e. The van der Waals surface area contributed by atoms with Gasteiger partial charge in [-0.3, -0.25) is 0 Å². The van der Waals surface area contributed by atoms with Crippen molar-refractivity contribution in [2.24, 2.45) is 7.05 Å². The predicted octanol–water partition coefficient (Wildman–Crippen LogP) is 2.84. The fourth-order valence-electron chi connectivity index (χ4n) is 2.99. The molecule has 1 saturated heterocycles.